The maximum atomic E-state index is 13.3. The third kappa shape index (κ3) is 2.50. The Kier molecular flexibility index (Phi) is 3.19. The van der Waals surface area contributed by atoms with E-state index in [1.165, 1.54) is 12.1 Å². The zero-order chi connectivity index (χ0) is 15.2. The van der Waals surface area contributed by atoms with Crippen LogP contribution in [0.5, 0.6) is 0 Å². The first kappa shape index (κ1) is 14.0. The molecule has 2 aromatic rings. The summed E-state index contributed by atoms with van der Waals surface area (Å²) in [6, 6.07) is 4.77. The summed E-state index contributed by atoms with van der Waals surface area (Å²) >= 11 is 0. The van der Waals surface area contributed by atoms with Gasteiger partial charge in [-0.2, -0.15) is 0 Å². The Labute approximate surface area is 120 Å². The fourth-order valence-electron chi connectivity index (χ4n) is 3.10. The monoisotopic (exact) mass is 294 g/mol. The molecule has 0 unspecified atom stereocenters. The second-order valence-electron chi connectivity index (χ2n) is 5.62. The lowest BCUT2D eigenvalue weighted by Gasteiger charge is -2.30. The molecular weight excluding hydrogens is 278 g/mol. The minimum absolute atomic E-state index is 0.00491. The van der Waals surface area contributed by atoms with Gasteiger partial charge in [0.25, 0.3) is 0 Å². The lowest BCUT2D eigenvalue weighted by Crippen LogP contribution is -2.26. The third-order valence-corrected chi connectivity index (χ3v) is 4.16. The number of aryl methyl sites for hydroxylation is 1. The highest BCUT2D eigenvalue weighted by Crippen LogP contribution is 2.40. The van der Waals surface area contributed by atoms with Crippen LogP contribution in [-0.4, -0.2) is 26.5 Å². The smallest absolute Gasteiger partial charge is 0.335 e. The largest absolute Gasteiger partial charge is 0.478 e. The van der Waals surface area contributed by atoms with Gasteiger partial charge < -0.3 is 9.67 Å². The predicted octanol–water partition coefficient (Wildman–Crippen LogP) is 3.79. The molecule has 1 fully saturated rings. The van der Waals surface area contributed by atoms with Crippen LogP contribution in [0.3, 0.4) is 0 Å². The summed E-state index contributed by atoms with van der Waals surface area (Å²) < 4.78 is 28.5. The summed E-state index contributed by atoms with van der Waals surface area (Å²) in [6.45, 7) is 1.83. The highest BCUT2D eigenvalue weighted by molar-refractivity contribution is 5.92. The Morgan fingerprint density at radius 3 is 2.67 bits per heavy atom. The first-order valence-electron chi connectivity index (χ1n) is 6.97. The van der Waals surface area contributed by atoms with Gasteiger partial charge in [0.2, 0.25) is 5.92 Å². The van der Waals surface area contributed by atoms with Crippen LogP contribution in [0.2, 0.25) is 0 Å². The van der Waals surface area contributed by atoms with Crippen molar-refractivity contribution in [2.45, 2.75) is 44.6 Å². The Balaban J connectivity index is 1.99. The molecule has 0 saturated heterocycles. The summed E-state index contributed by atoms with van der Waals surface area (Å²) in [5.74, 6) is -2.82. The molecule has 21 heavy (non-hydrogen) atoms. The van der Waals surface area contributed by atoms with Crippen LogP contribution < -0.4 is 0 Å². The van der Waals surface area contributed by atoms with E-state index in [4.69, 9.17) is 5.11 Å². The Morgan fingerprint density at radius 2 is 2.05 bits per heavy atom. The van der Waals surface area contributed by atoms with Crippen LogP contribution in [0, 0.1) is 6.92 Å². The van der Waals surface area contributed by atoms with Gasteiger partial charge in [0.1, 0.15) is 5.82 Å². The topological polar surface area (TPSA) is 55.1 Å². The first-order valence-corrected chi connectivity index (χ1v) is 6.97. The number of halogens is 2. The van der Waals surface area contributed by atoms with E-state index in [0.717, 1.165) is 11.3 Å². The van der Waals surface area contributed by atoms with Crippen molar-refractivity contribution in [2.24, 2.45) is 0 Å². The van der Waals surface area contributed by atoms with E-state index < -0.39 is 11.9 Å². The summed E-state index contributed by atoms with van der Waals surface area (Å²) in [7, 11) is 0. The van der Waals surface area contributed by atoms with E-state index in [1.807, 2.05) is 11.5 Å². The highest BCUT2D eigenvalue weighted by Gasteiger charge is 2.36. The number of nitrogens with zero attached hydrogens (tertiary/aromatic N) is 2. The number of alkyl halides is 2. The molecule has 0 atom stereocenters. The van der Waals surface area contributed by atoms with E-state index in [1.54, 1.807) is 6.07 Å². The number of carboxylic acid groups (broad SMARTS) is 1. The second-order valence-corrected chi connectivity index (χ2v) is 5.62. The third-order valence-electron chi connectivity index (χ3n) is 4.16. The van der Waals surface area contributed by atoms with E-state index in [-0.39, 0.29) is 24.4 Å². The van der Waals surface area contributed by atoms with Crippen molar-refractivity contribution >= 4 is 17.0 Å². The Morgan fingerprint density at radius 1 is 1.38 bits per heavy atom. The zero-order valence-corrected chi connectivity index (χ0v) is 11.6. The van der Waals surface area contributed by atoms with Crippen LogP contribution in [0.15, 0.2) is 18.2 Å². The number of rotatable bonds is 2. The maximum Gasteiger partial charge on any atom is 0.335 e. The first-order chi connectivity index (χ1) is 9.87. The van der Waals surface area contributed by atoms with Crippen LogP contribution in [-0.2, 0) is 0 Å². The molecule has 1 N–H and O–H groups in total. The van der Waals surface area contributed by atoms with Crippen LogP contribution >= 0.6 is 0 Å². The number of imidazole rings is 1. The summed E-state index contributed by atoms with van der Waals surface area (Å²) in [5, 5.41) is 9.01. The molecule has 3 rings (SSSR count). The second kappa shape index (κ2) is 4.79. The standard InChI is InChI=1S/C15H16F2N2O2/c1-9-18-12-8-10(14(20)21)2-3-13(12)19(9)11-4-6-15(16,17)7-5-11/h2-3,8,11H,4-7H2,1H3,(H,20,21). The number of hydrogen-bond acceptors (Lipinski definition) is 2. The van der Waals surface area contributed by atoms with Gasteiger partial charge in [0.05, 0.1) is 16.6 Å². The molecule has 1 aromatic carbocycles. The van der Waals surface area contributed by atoms with Crippen LogP contribution in [0.4, 0.5) is 8.78 Å². The maximum absolute atomic E-state index is 13.3. The molecule has 0 spiro atoms. The fraction of sp³-hybridized carbons (Fsp3) is 0.467. The van der Waals surface area contributed by atoms with Gasteiger partial charge in [-0.25, -0.2) is 18.6 Å². The van der Waals surface area contributed by atoms with Crippen molar-refractivity contribution in [1.29, 1.82) is 0 Å². The lowest BCUT2D eigenvalue weighted by atomic mass is 9.92. The minimum atomic E-state index is -2.56. The fourth-order valence-corrected chi connectivity index (χ4v) is 3.10. The molecule has 1 aromatic heterocycles. The highest BCUT2D eigenvalue weighted by atomic mass is 19.3. The van der Waals surface area contributed by atoms with E-state index in [2.05, 4.69) is 4.98 Å². The number of fused-ring (bicyclic) bond motifs is 1. The quantitative estimate of drug-likeness (QED) is 0.916. The van der Waals surface area contributed by atoms with Crippen molar-refractivity contribution in [1.82, 2.24) is 9.55 Å². The number of hydrogen-bond donors (Lipinski definition) is 1. The van der Waals surface area contributed by atoms with Gasteiger partial charge in [-0.15, -0.1) is 0 Å². The summed E-state index contributed by atoms with van der Waals surface area (Å²) in [4.78, 5) is 15.4. The lowest BCUT2D eigenvalue weighted by molar-refractivity contribution is -0.0437. The number of aromatic nitrogens is 2. The SMILES string of the molecule is Cc1nc2cc(C(=O)O)ccc2n1C1CCC(F)(F)CC1. The van der Waals surface area contributed by atoms with E-state index >= 15 is 0 Å². The number of carbonyl (C=O) groups is 1. The van der Waals surface area contributed by atoms with Crippen LogP contribution in [0.1, 0.15) is 47.9 Å². The molecule has 1 aliphatic rings. The summed E-state index contributed by atoms with van der Waals surface area (Å²) in [5.41, 5.74) is 1.60. The van der Waals surface area contributed by atoms with Crippen molar-refractivity contribution in [3.05, 3.63) is 29.6 Å². The van der Waals surface area contributed by atoms with Gasteiger partial charge in [0.15, 0.2) is 0 Å². The molecule has 112 valence electrons. The number of benzene rings is 1. The van der Waals surface area contributed by atoms with Gasteiger partial charge in [0, 0.05) is 18.9 Å². The molecular formula is C15H16F2N2O2. The molecule has 0 bridgehead atoms. The molecule has 4 nitrogen and oxygen atoms in total. The zero-order valence-electron chi connectivity index (χ0n) is 11.6. The van der Waals surface area contributed by atoms with Crippen molar-refractivity contribution < 1.29 is 18.7 Å². The van der Waals surface area contributed by atoms with Crippen molar-refractivity contribution in [2.75, 3.05) is 0 Å². The van der Waals surface area contributed by atoms with E-state index in [0.29, 0.717) is 18.4 Å². The minimum Gasteiger partial charge on any atom is -0.478 e. The predicted molar refractivity (Wildman–Crippen MR) is 73.9 cm³/mol. The molecule has 1 heterocycles. The van der Waals surface area contributed by atoms with Crippen molar-refractivity contribution in [3.63, 3.8) is 0 Å². The molecule has 1 aliphatic carbocycles. The van der Waals surface area contributed by atoms with Crippen molar-refractivity contribution in [3.8, 4) is 0 Å². The molecule has 0 radical (unpaired) electrons. The van der Waals surface area contributed by atoms with Gasteiger partial charge in [-0.1, -0.05) is 0 Å². The van der Waals surface area contributed by atoms with E-state index in [9.17, 15) is 13.6 Å². The number of carboxylic acids is 1. The molecule has 0 aliphatic heterocycles. The van der Waals surface area contributed by atoms with Gasteiger partial charge >= 0.3 is 5.97 Å². The summed E-state index contributed by atoms with van der Waals surface area (Å²) in [6.07, 6.45) is 0.619. The normalized spacial score (nSPS) is 19.0. The average molecular weight is 294 g/mol. The van der Waals surface area contributed by atoms with Gasteiger partial charge in [-0.05, 0) is 38.0 Å². The van der Waals surface area contributed by atoms with Gasteiger partial charge in [-0.3, -0.25) is 0 Å². The van der Waals surface area contributed by atoms with Crippen LogP contribution in [0.25, 0.3) is 11.0 Å². The molecule has 1 saturated carbocycles. The molecule has 0 amide bonds. The Hall–Kier alpha value is -1.98. The average Bonchev–Trinajstić information content (AvgIpc) is 2.74. The number of aromatic carboxylic acids is 1. The Bertz CT molecular complexity index is 699. The molecule has 6 heteroatoms.